The second-order valence-electron chi connectivity index (χ2n) is 7.01. The lowest BCUT2D eigenvalue weighted by Gasteiger charge is -2.24. The van der Waals surface area contributed by atoms with Gasteiger partial charge in [0.1, 0.15) is 11.4 Å². The summed E-state index contributed by atoms with van der Waals surface area (Å²) < 4.78 is 6.74. The molecule has 1 aromatic carbocycles. The minimum atomic E-state index is -1.77. The number of rotatable bonds is 5. The maximum absolute atomic E-state index is 13.2. The lowest BCUT2D eigenvalue weighted by atomic mass is 9.89. The minimum absolute atomic E-state index is 0.00970. The Kier molecular flexibility index (Phi) is 4.28. The molecule has 0 aliphatic carbocycles. The Morgan fingerprint density at radius 2 is 2.11 bits per heavy atom. The number of phenols is 1. The average Bonchev–Trinajstić information content (AvgIpc) is 3.05. The van der Waals surface area contributed by atoms with Gasteiger partial charge in [0.15, 0.2) is 6.29 Å². The lowest BCUT2D eigenvalue weighted by Crippen LogP contribution is -2.34. The molecule has 144 valence electrons. The van der Waals surface area contributed by atoms with Crippen LogP contribution in [-0.2, 0) is 28.3 Å². The fourth-order valence-corrected chi connectivity index (χ4v) is 3.77. The standard InChI is InChI=1S/C21H20N2O5/c1-3-21(27,11-24)16-8-18-19-13(9-23(18)20(26)15(16)10-28-2)6-12-7-14(25)4-5-17(12)22-19/h4-8,11,25,27H,3,9-10H2,1-2H3. The maximum atomic E-state index is 13.2. The van der Waals surface area contributed by atoms with E-state index in [0.717, 1.165) is 10.9 Å². The molecule has 0 fully saturated rings. The number of pyridine rings is 2. The molecule has 0 bridgehead atoms. The number of aromatic hydroxyl groups is 1. The molecule has 1 aliphatic heterocycles. The molecular formula is C21H20N2O5. The number of aldehydes is 1. The number of carbonyl (C=O) groups excluding carboxylic acids is 1. The first-order valence-electron chi connectivity index (χ1n) is 8.99. The number of carbonyl (C=O) groups is 1. The number of methoxy groups -OCH3 is 1. The van der Waals surface area contributed by atoms with Crippen LogP contribution in [0.2, 0.25) is 0 Å². The first-order chi connectivity index (χ1) is 13.4. The fraction of sp³-hybridized carbons (Fsp3) is 0.286. The normalized spacial score (nSPS) is 14.5. The fourth-order valence-electron chi connectivity index (χ4n) is 3.77. The highest BCUT2D eigenvalue weighted by atomic mass is 16.5. The van der Waals surface area contributed by atoms with Gasteiger partial charge in [-0.1, -0.05) is 6.92 Å². The zero-order valence-corrected chi connectivity index (χ0v) is 15.6. The Morgan fingerprint density at radius 3 is 2.79 bits per heavy atom. The maximum Gasteiger partial charge on any atom is 0.257 e. The van der Waals surface area contributed by atoms with E-state index in [1.807, 2.05) is 6.07 Å². The lowest BCUT2D eigenvalue weighted by molar-refractivity contribution is -0.125. The summed E-state index contributed by atoms with van der Waals surface area (Å²) in [5, 5.41) is 21.3. The van der Waals surface area contributed by atoms with Crippen LogP contribution in [0.1, 0.15) is 30.0 Å². The van der Waals surface area contributed by atoms with Crippen molar-refractivity contribution in [1.82, 2.24) is 9.55 Å². The highest BCUT2D eigenvalue weighted by molar-refractivity contribution is 5.85. The summed E-state index contributed by atoms with van der Waals surface area (Å²) >= 11 is 0. The molecule has 1 aliphatic rings. The number of aromatic nitrogens is 2. The van der Waals surface area contributed by atoms with E-state index in [4.69, 9.17) is 4.74 Å². The predicted molar refractivity (Wildman–Crippen MR) is 103 cm³/mol. The van der Waals surface area contributed by atoms with E-state index < -0.39 is 5.60 Å². The van der Waals surface area contributed by atoms with Crippen LogP contribution in [0.15, 0.2) is 35.1 Å². The van der Waals surface area contributed by atoms with Gasteiger partial charge < -0.3 is 19.5 Å². The second-order valence-corrected chi connectivity index (χ2v) is 7.01. The van der Waals surface area contributed by atoms with Crippen LogP contribution in [0, 0.1) is 0 Å². The van der Waals surface area contributed by atoms with Crippen molar-refractivity contribution in [3.8, 4) is 17.1 Å². The zero-order chi connectivity index (χ0) is 20.1. The Morgan fingerprint density at radius 1 is 1.32 bits per heavy atom. The van der Waals surface area contributed by atoms with E-state index in [1.165, 1.54) is 7.11 Å². The Balaban J connectivity index is 2.01. The van der Waals surface area contributed by atoms with Gasteiger partial charge in [0.05, 0.1) is 30.1 Å². The van der Waals surface area contributed by atoms with Crippen LogP contribution < -0.4 is 5.56 Å². The van der Waals surface area contributed by atoms with Crippen molar-refractivity contribution in [2.24, 2.45) is 0 Å². The Labute approximate surface area is 160 Å². The molecule has 1 atom stereocenters. The zero-order valence-electron chi connectivity index (χ0n) is 15.6. The monoisotopic (exact) mass is 380 g/mol. The third kappa shape index (κ3) is 2.63. The van der Waals surface area contributed by atoms with Crippen molar-refractivity contribution in [3.63, 3.8) is 0 Å². The van der Waals surface area contributed by atoms with Crippen LogP contribution in [0.25, 0.3) is 22.3 Å². The van der Waals surface area contributed by atoms with Crippen LogP contribution >= 0.6 is 0 Å². The number of aliphatic hydroxyl groups is 1. The molecule has 0 amide bonds. The molecule has 0 radical (unpaired) electrons. The molecule has 0 saturated heterocycles. The third-order valence-corrected chi connectivity index (χ3v) is 5.34. The van der Waals surface area contributed by atoms with Crippen LogP contribution in [0.3, 0.4) is 0 Å². The number of fused-ring (bicyclic) bond motifs is 4. The molecule has 0 saturated carbocycles. The molecule has 0 spiro atoms. The highest BCUT2D eigenvalue weighted by Gasteiger charge is 2.34. The van der Waals surface area contributed by atoms with Gasteiger partial charge in [-0.15, -0.1) is 0 Å². The summed E-state index contributed by atoms with van der Waals surface area (Å²) in [6.45, 7) is 2.00. The molecular weight excluding hydrogens is 360 g/mol. The van der Waals surface area contributed by atoms with Crippen molar-refractivity contribution in [3.05, 3.63) is 57.4 Å². The number of hydrogen-bond acceptors (Lipinski definition) is 6. The van der Waals surface area contributed by atoms with Gasteiger partial charge in [0.2, 0.25) is 0 Å². The summed E-state index contributed by atoms with van der Waals surface area (Å²) in [4.78, 5) is 29.5. The molecule has 1 unspecified atom stereocenters. The van der Waals surface area contributed by atoms with Gasteiger partial charge in [-0.05, 0) is 36.8 Å². The Bertz CT molecular complexity index is 1170. The van der Waals surface area contributed by atoms with Crippen molar-refractivity contribution >= 4 is 17.2 Å². The van der Waals surface area contributed by atoms with Crippen molar-refractivity contribution < 1.29 is 19.7 Å². The summed E-state index contributed by atoms with van der Waals surface area (Å²) in [7, 11) is 1.46. The number of hydrogen-bond donors (Lipinski definition) is 2. The van der Waals surface area contributed by atoms with E-state index in [0.29, 0.717) is 29.7 Å². The molecule has 7 heteroatoms. The summed E-state index contributed by atoms with van der Waals surface area (Å²) in [5.74, 6) is 0.144. The van der Waals surface area contributed by atoms with Crippen molar-refractivity contribution in [2.45, 2.75) is 32.1 Å². The second kappa shape index (κ2) is 6.54. The quantitative estimate of drug-likeness (QED) is 0.514. The van der Waals surface area contributed by atoms with Gasteiger partial charge in [0, 0.05) is 29.2 Å². The van der Waals surface area contributed by atoms with E-state index in [-0.39, 0.29) is 35.5 Å². The third-order valence-electron chi connectivity index (χ3n) is 5.34. The van der Waals surface area contributed by atoms with E-state index >= 15 is 0 Å². The first kappa shape index (κ1) is 18.3. The molecule has 2 N–H and O–H groups in total. The van der Waals surface area contributed by atoms with Gasteiger partial charge >= 0.3 is 0 Å². The molecule has 2 aromatic heterocycles. The predicted octanol–water partition coefficient (Wildman–Crippen LogP) is 2.07. The van der Waals surface area contributed by atoms with Gasteiger partial charge in [-0.2, -0.15) is 0 Å². The summed E-state index contributed by atoms with van der Waals surface area (Å²) in [5.41, 5.74) is 1.13. The van der Waals surface area contributed by atoms with Crippen molar-refractivity contribution in [2.75, 3.05) is 7.11 Å². The van der Waals surface area contributed by atoms with Crippen molar-refractivity contribution in [1.29, 1.82) is 0 Å². The smallest absolute Gasteiger partial charge is 0.257 e. The number of ether oxygens (including phenoxy) is 1. The van der Waals surface area contributed by atoms with Crippen LogP contribution in [0.4, 0.5) is 0 Å². The first-order valence-corrected chi connectivity index (χ1v) is 8.99. The van der Waals surface area contributed by atoms with E-state index in [1.54, 1.807) is 35.8 Å². The number of phenolic OH excluding ortho intramolecular Hbond substituents is 1. The minimum Gasteiger partial charge on any atom is -0.508 e. The Hall–Kier alpha value is -3.03. The molecule has 3 aromatic rings. The SMILES string of the molecule is CCC(O)(C=O)c1cc2n(c(=O)c1COC)Cc1cc3cc(O)ccc3nc1-2. The van der Waals surface area contributed by atoms with Crippen LogP contribution in [0.5, 0.6) is 5.75 Å². The largest absolute Gasteiger partial charge is 0.508 e. The highest BCUT2D eigenvalue weighted by Crippen LogP contribution is 2.36. The average molecular weight is 380 g/mol. The molecule has 7 nitrogen and oxygen atoms in total. The number of nitrogens with zero attached hydrogens (tertiary/aromatic N) is 2. The van der Waals surface area contributed by atoms with Gasteiger partial charge in [-0.3, -0.25) is 9.59 Å². The molecule has 28 heavy (non-hydrogen) atoms. The van der Waals surface area contributed by atoms with Gasteiger partial charge in [-0.25, -0.2) is 4.98 Å². The topological polar surface area (TPSA) is 102 Å². The molecule has 4 rings (SSSR count). The van der Waals surface area contributed by atoms with Gasteiger partial charge in [0.25, 0.3) is 5.56 Å². The number of benzene rings is 1. The van der Waals surface area contributed by atoms with E-state index in [2.05, 4.69) is 4.98 Å². The summed E-state index contributed by atoms with van der Waals surface area (Å²) in [6.07, 6.45) is 0.595. The van der Waals surface area contributed by atoms with Crippen LogP contribution in [-0.4, -0.2) is 33.2 Å². The van der Waals surface area contributed by atoms with E-state index in [9.17, 15) is 19.8 Å². The summed E-state index contributed by atoms with van der Waals surface area (Å²) in [6, 6.07) is 8.45. The molecule has 3 heterocycles.